The van der Waals surface area contributed by atoms with Crippen molar-refractivity contribution in [2.24, 2.45) is 11.8 Å². The number of likely N-dealkylation sites (tertiary alicyclic amines) is 1. The highest BCUT2D eigenvalue weighted by Crippen LogP contribution is 2.37. The van der Waals surface area contributed by atoms with Crippen LogP contribution in [0.2, 0.25) is 0 Å². The lowest BCUT2D eigenvalue weighted by molar-refractivity contribution is -0.142. The van der Waals surface area contributed by atoms with Crippen molar-refractivity contribution >= 4 is 29.1 Å². The molecule has 0 spiro atoms. The molecule has 3 amide bonds. The van der Waals surface area contributed by atoms with Gasteiger partial charge in [-0.05, 0) is 56.4 Å². The van der Waals surface area contributed by atoms with Crippen LogP contribution in [0, 0.1) is 18.8 Å². The fraction of sp³-hybridized carbons (Fsp3) is 0.571. The van der Waals surface area contributed by atoms with Gasteiger partial charge in [-0.3, -0.25) is 19.3 Å². The van der Waals surface area contributed by atoms with Crippen LogP contribution in [0.1, 0.15) is 44.1 Å². The summed E-state index contributed by atoms with van der Waals surface area (Å²) in [7, 11) is 0. The summed E-state index contributed by atoms with van der Waals surface area (Å²) in [6, 6.07) is 6.02. The third kappa shape index (κ3) is 3.45. The summed E-state index contributed by atoms with van der Waals surface area (Å²) >= 11 is 0. The molecule has 27 heavy (non-hydrogen) atoms. The number of nitrogens with zero attached hydrogens (tertiary/aromatic N) is 2. The second-order valence-corrected chi connectivity index (χ2v) is 8.00. The van der Waals surface area contributed by atoms with Gasteiger partial charge in [-0.2, -0.15) is 0 Å². The first-order valence-electron chi connectivity index (χ1n) is 10.1. The molecule has 1 saturated carbocycles. The fourth-order valence-electron chi connectivity index (χ4n) is 4.68. The summed E-state index contributed by atoms with van der Waals surface area (Å²) in [5.41, 5.74) is 2.90. The van der Waals surface area contributed by atoms with Crippen molar-refractivity contribution < 1.29 is 14.4 Å². The molecule has 0 bridgehead atoms. The van der Waals surface area contributed by atoms with E-state index in [-0.39, 0.29) is 36.1 Å². The average Bonchev–Trinajstić information content (AvgIpc) is 3.28. The number of rotatable bonds is 4. The summed E-state index contributed by atoms with van der Waals surface area (Å²) in [4.78, 5) is 41.0. The molecule has 2 atom stereocenters. The van der Waals surface area contributed by atoms with Gasteiger partial charge in [-0.15, -0.1) is 0 Å². The standard InChI is InChI=1S/C21H27N3O3/c1-14-12-15(23-10-4-5-11-23)8-9-18(14)22-19(25)13-24-20(26)16-6-2-3-7-17(16)21(24)27/h8-9,12,16-17H,2-7,10-11,13H2,1H3,(H,22,25). The minimum atomic E-state index is -0.313. The zero-order valence-corrected chi connectivity index (χ0v) is 15.9. The Balaban J connectivity index is 1.40. The largest absolute Gasteiger partial charge is 0.372 e. The van der Waals surface area contributed by atoms with Crippen LogP contribution in [-0.4, -0.2) is 42.3 Å². The van der Waals surface area contributed by atoms with Crippen LogP contribution < -0.4 is 10.2 Å². The second-order valence-electron chi connectivity index (χ2n) is 8.00. The molecular formula is C21H27N3O3. The van der Waals surface area contributed by atoms with E-state index >= 15 is 0 Å². The van der Waals surface area contributed by atoms with E-state index in [1.807, 2.05) is 19.1 Å². The molecule has 2 heterocycles. The minimum Gasteiger partial charge on any atom is -0.372 e. The molecule has 2 aliphatic heterocycles. The van der Waals surface area contributed by atoms with Gasteiger partial charge in [0.25, 0.3) is 0 Å². The van der Waals surface area contributed by atoms with Crippen molar-refractivity contribution in [3.8, 4) is 0 Å². The van der Waals surface area contributed by atoms with Crippen molar-refractivity contribution in [2.75, 3.05) is 29.9 Å². The van der Waals surface area contributed by atoms with Gasteiger partial charge in [0.15, 0.2) is 0 Å². The van der Waals surface area contributed by atoms with Crippen molar-refractivity contribution in [1.29, 1.82) is 0 Å². The molecule has 1 aromatic rings. The highest BCUT2D eigenvalue weighted by Gasteiger charge is 2.48. The van der Waals surface area contributed by atoms with Crippen molar-refractivity contribution in [2.45, 2.75) is 45.4 Å². The second kappa shape index (κ2) is 7.33. The first-order chi connectivity index (χ1) is 13.0. The van der Waals surface area contributed by atoms with E-state index < -0.39 is 0 Å². The number of carbonyl (C=O) groups excluding carboxylic acids is 3. The number of benzene rings is 1. The Labute approximate surface area is 159 Å². The Bertz CT molecular complexity index is 746. The highest BCUT2D eigenvalue weighted by molar-refractivity contribution is 6.08. The first-order valence-corrected chi connectivity index (χ1v) is 10.1. The maximum absolute atomic E-state index is 12.5. The maximum Gasteiger partial charge on any atom is 0.244 e. The summed E-state index contributed by atoms with van der Waals surface area (Å²) in [6.45, 7) is 3.94. The van der Waals surface area contributed by atoms with E-state index in [9.17, 15) is 14.4 Å². The average molecular weight is 369 g/mol. The van der Waals surface area contributed by atoms with Gasteiger partial charge < -0.3 is 10.2 Å². The number of imide groups is 1. The van der Waals surface area contributed by atoms with Crippen LogP contribution in [0.5, 0.6) is 0 Å². The number of carbonyl (C=O) groups is 3. The Hall–Kier alpha value is -2.37. The third-order valence-corrected chi connectivity index (χ3v) is 6.19. The minimum absolute atomic E-state index is 0.166. The van der Waals surface area contributed by atoms with E-state index in [1.165, 1.54) is 23.4 Å². The summed E-state index contributed by atoms with van der Waals surface area (Å²) < 4.78 is 0. The number of nitrogens with one attached hydrogen (secondary N) is 1. The van der Waals surface area contributed by atoms with E-state index in [4.69, 9.17) is 0 Å². The molecule has 0 radical (unpaired) electrons. The molecule has 0 aromatic heterocycles. The number of hydrogen-bond donors (Lipinski definition) is 1. The van der Waals surface area contributed by atoms with Gasteiger partial charge >= 0.3 is 0 Å². The molecule has 1 aromatic carbocycles. The van der Waals surface area contributed by atoms with E-state index in [1.54, 1.807) is 0 Å². The molecule has 3 fully saturated rings. The van der Waals surface area contributed by atoms with Gasteiger partial charge in [-0.25, -0.2) is 0 Å². The number of amides is 3. The SMILES string of the molecule is Cc1cc(N2CCCC2)ccc1NC(=O)CN1C(=O)C2CCCCC2C1=O. The summed E-state index contributed by atoms with van der Waals surface area (Å²) in [5, 5.41) is 2.87. The lowest BCUT2D eigenvalue weighted by atomic mass is 9.81. The molecule has 2 unspecified atom stereocenters. The molecule has 144 valence electrons. The number of aryl methyl sites for hydroxylation is 1. The molecular weight excluding hydrogens is 342 g/mol. The normalized spacial score (nSPS) is 25.1. The Kier molecular flexibility index (Phi) is 4.89. The first kappa shape index (κ1) is 18.0. The molecule has 4 rings (SSSR count). The Morgan fingerprint density at radius 2 is 1.67 bits per heavy atom. The third-order valence-electron chi connectivity index (χ3n) is 6.19. The molecule has 3 aliphatic rings. The number of hydrogen-bond acceptors (Lipinski definition) is 4. The smallest absolute Gasteiger partial charge is 0.244 e. The summed E-state index contributed by atoms with van der Waals surface area (Å²) in [5.74, 6) is -1.06. The topological polar surface area (TPSA) is 69.7 Å². The summed E-state index contributed by atoms with van der Waals surface area (Å²) in [6.07, 6.45) is 5.95. The fourth-order valence-corrected chi connectivity index (χ4v) is 4.68. The van der Waals surface area contributed by atoms with Gasteiger partial charge in [0, 0.05) is 24.5 Å². The van der Waals surface area contributed by atoms with Crippen LogP contribution in [0.15, 0.2) is 18.2 Å². The lowest BCUT2D eigenvalue weighted by Crippen LogP contribution is -2.38. The van der Waals surface area contributed by atoms with Crippen LogP contribution in [0.4, 0.5) is 11.4 Å². The van der Waals surface area contributed by atoms with Gasteiger partial charge in [0.2, 0.25) is 17.7 Å². The maximum atomic E-state index is 12.5. The van der Waals surface area contributed by atoms with Crippen LogP contribution >= 0.6 is 0 Å². The van der Waals surface area contributed by atoms with E-state index in [0.717, 1.165) is 50.0 Å². The van der Waals surface area contributed by atoms with Crippen molar-refractivity contribution in [3.63, 3.8) is 0 Å². The van der Waals surface area contributed by atoms with Crippen LogP contribution in [-0.2, 0) is 14.4 Å². The quantitative estimate of drug-likeness (QED) is 0.829. The molecule has 2 saturated heterocycles. The molecule has 1 N–H and O–H groups in total. The van der Waals surface area contributed by atoms with E-state index in [0.29, 0.717) is 0 Å². The van der Waals surface area contributed by atoms with Gasteiger partial charge in [-0.1, -0.05) is 12.8 Å². The van der Waals surface area contributed by atoms with Crippen LogP contribution in [0.3, 0.4) is 0 Å². The highest BCUT2D eigenvalue weighted by atomic mass is 16.2. The van der Waals surface area contributed by atoms with E-state index in [2.05, 4.69) is 16.3 Å². The zero-order valence-electron chi connectivity index (χ0n) is 15.9. The number of fused-ring (bicyclic) bond motifs is 1. The molecule has 6 heteroatoms. The molecule has 1 aliphatic carbocycles. The predicted octanol–water partition coefficient (Wildman–Crippen LogP) is 2.71. The van der Waals surface area contributed by atoms with Crippen LogP contribution in [0.25, 0.3) is 0 Å². The Morgan fingerprint density at radius 1 is 1.04 bits per heavy atom. The zero-order chi connectivity index (χ0) is 19.0. The predicted molar refractivity (Wildman–Crippen MR) is 103 cm³/mol. The Morgan fingerprint density at radius 3 is 2.26 bits per heavy atom. The lowest BCUT2D eigenvalue weighted by Gasteiger charge is -2.20. The van der Waals surface area contributed by atoms with Crippen molar-refractivity contribution in [3.05, 3.63) is 23.8 Å². The van der Waals surface area contributed by atoms with Crippen molar-refractivity contribution in [1.82, 2.24) is 4.90 Å². The number of anilines is 2. The monoisotopic (exact) mass is 369 g/mol. The van der Waals surface area contributed by atoms with Gasteiger partial charge in [0.05, 0.1) is 11.8 Å². The van der Waals surface area contributed by atoms with Gasteiger partial charge in [0.1, 0.15) is 6.54 Å². The molecule has 6 nitrogen and oxygen atoms in total.